The van der Waals surface area contributed by atoms with Crippen LogP contribution in [0.5, 0.6) is 0 Å². The van der Waals surface area contributed by atoms with Gasteiger partial charge in [-0.25, -0.2) is 0 Å². The average molecular weight is 352 g/mol. The number of benzene rings is 2. The minimum absolute atomic E-state index is 0.323. The molecule has 1 unspecified atom stereocenters. The molecule has 1 saturated heterocycles. The highest BCUT2D eigenvalue weighted by Crippen LogP contribution is 2.35. The van der Waals surface area contributed by atoms with Gasteiger partial charge in [-0.2, -0.15) is 0 Å². The van der Waals surface area contributed by atoms with Crippen molar-refractivity contribution >= 4 is 33.2 Å². The van der Waals surface area contributed by atoms with E-state index in [-0.39, 0.29) is 0 Å². The number of hydrogen-bond donors (Lipinski definition) is 1. The molecule has 1 fully saturated rings. The first-order chi connectivity index (χ1) is 9.75. The van der Waals surface area contributed by atoms with Gasteiger partial charge in [0.2, 0.25) is 0 Å². The second-order valence-electron chi connectivity index (χ2n) is 4.92. The van der Waals surface area contributed by atoms with E-state index in [0.29, 0.717) is 6.04 Å². The number of nitrogens with zero attached hydrogens (tertiary/aromatic N) is 1. The first-order valence-electron chi connectivity index (χ1n) is 6.73. The van der Waals surface area contributed by atoms with Crippen LogP contribution in [-0.4, -0.2) is 19.6 Å². The van der Waals surface area contributed by atoms with Gasteiger partial charge in [0.1, 0.15) is 0 Å². The number of halogens is 2. The number of piperazine rings is 1. The van der Waals surface area contributed by atoms with Crippen LogP contribution in [0.15, 0.2) is 53.0 Å². The molecular weight excluding hydrogens is 336 g/mol. The van der Waals surface area contributed by atoms with E-state index in [1.54, 1.807) is 0 Å². The zero-order chi connectivity index (χ0) is 13.9. The molecule has 2 aromatic rings. The Labute approximate surface area is 132 Å². The average Bonchev–Trinajstić information content (AvgIpc) is 2.48. The number of hydrogen-bond acceptors (Lipinski definition) is 2. The molecule has 0 bridgehead atoms. The highest BCUT2D eigenvalue weighted by atomic mass is 79.9. The van der Waals surface area contributed by atoms with Crippen molar-refractivity contribution in [1.82, 2.24) is 5.32 Å². The normalized spacial score (nSPS) is 19.1. The van der Waals surface area contributed by atoms with E-state index in [9.17, 15) is 0 Å². The fourth-order valence-electron chi connectivity index (χ4n) is 2.68. The Morgan fingerprint density at radius 2 is 1.95 bits per heavy atom. The summed E-state index contributed by atoms with van der Waals surface area (Å²) in [6, 6.07) is 17.0. The maximum absolute atomic E-state index is 6.42. The van der Waals surface area contributed by atoms with Gasteiger partial charge in [0, 0.05) is 24.1 Å². The molecule has 1 atom stereocenters. The van der Waals surface area contributed by atoms with E-state index in [0.717, 1.165) is 34.8 Å². The highest BCUT2D eigenvalue weighted by Gasteiger charge is 2.25. The quantitative estimate of drug-likeness (QED) is 0.870. The summed E-state index contributed by atoms with van der Waals surface area (Å²) in [5.74, 6) is 0. The molecule has 3 rings (SSSR count). The molecule has 20 heavy (non-hydrogen) atoms. The third-order valence-corrected chi connectivity index (χ3v) is 4.44. The molecule has 2 nitrogen and oxygen atoms in total. The fraction of sp³-hybridized carbons (Fsp3) is 0.250. The molecule has 0 spiro atoms. The molecule has 1 aliphatic heterocycles. The van der Waals surface area contributed by atoms with Gasteiger partial charge in [0.25, 0.3) is 0 Å². The molecule has 0 radical (unpaired) electrons. The Bertz CT molecular complexity index is 588. The first kappa shape index (κ1) is 13.9. The van der Waals surface area contributed by atoms with Crippen molar-refractivity contribution in [3.8, 4) is 0 Å². The van der Waals surface area contributed by atoms with Crippen molar-refractivity contribution in [2.75, 3.05) is 24.5 Å². The molecule has 4 heteroatoms. The number of anilines is 1. The summed E-state index contributed by atoms with van der Waals surface area (Å²) in [6.07, 6.45) is 0. The van der Waals surface area contributed by atoms with Gasteiger partial charge in [0.15, 0.2) is 0 Å². The van der Waals surface area contributed by atoms with Crippen LogP contribution in [0.1, 0.15) is 11.6 Å². The third-order valence-electron chi connectivity index (χ3n) is 3.65. The minimum Gasteiger partial charge on any atom is -0.361 e. The van der Waals surface area contributed by atoms with Crippen LogP contribution in [0, 0.1) is 0 Å². The van der Waals surface area contributed by atoms with Gasteiger partial charge in [-0.15, -0.1) is 0 Å². The molecule has 0 aromatic heterocycles. The van der Waals surface area contributed by atoms with Crippen LogP contribution in [0.4, 0.5) is 5.69 Å². The molecule has 0 saturated carbocycles. The van der Waals surface area contributed by atoms with Gasteiger partial charge in [-0.05, 0) is 23.8 Å². The van der Waals surface area contributed by atoms with Crippen molar-refractivity contribution in [2.24, 2.45) is 0 Å². The molecule has 1 aliphatic rings. The lowest BCUT2D eigenvalue weighted by molar-refractivity contribution is 0.490. The van der Waals surface area contributed by atoms with E-state index >= 15 is 0 Å². The van der Waals surface area contributed by atoms with Crippen molar-refractivity contribution in [2.45, 2.75) is 6.04 Å². The smallest absolute Gasteiger partial charge is 0.0668 e. The molecule has 1 N–H and O–H groups in total. The Kier molecular flexibility index (Phi) is 4.29. The van der Waals surface area contributed by atoms with Gasteiger partial charge in [-0.3, -0.25) is 0 Å². The monoisotopic (exact) mass is 350 g/mol. The van der Waals surface area contributed by atoms with E-state index < -0.39 is 0 Å². The predicted octanol–water partition coefficient (Wildman–Crippen LogP) is 4.25. The van der Waals surface area contributed by atoms with Gasteiger partial charge < -0.3 is 10.2 Å². The molecular formula is C16H16BrClN2. The van der Waals surface area contributed by atoms with Gasteiger partial charge in [0.05, 0.1) is 16.8 Å². The summed E-state index contributed by atoms with van der Waals surface area (Å²) < 4.78 is 1.01. The topological polar surface area (TPSA) is 15.3 Å². The summed E-state index contributed by atoms with van der Waals surface area (Å²) in [6.45, 7) is 2.88. The minimum atomic E-state index is 0.323. The lowest BCUT2D eigenvalue weighted by atomic mass is 10.0. The van der Waals surface area contributed by atoms with Gasteiger partial charge >= 0.3 is 0 Å². The fourth-order valence-corrected chi connectivity index (χ4v) is 3.46. The predicted molar refractivity (Wildman–Crippen MR) is 88.6 cm³/mol. The molecule has 104 valence electrons. The van der Waals surface area contributed by atoms with Gasteiger partial charge in [-0.1, -0.05) is 57.9 Å². The van der Waals surface area contributed by atoms with E-state index in [4.69, 9.17) is 11.6 Å². The van der Waals surface area contributed by atoms with Crippen molar-refractivity contribution in [3.05, 3.63) is 63.6 Å². The van der Waals surface area contributed by atoms with E-state index in [1.807, 2.05) is 12.1 Å². The summed E-state index contributed by atoms with van der Waals surface area (Å²) in [7, 11) is 0. The summed E-state index contributed by atoms with van der Waals surface area (Å²) >= 11 is 9.89. The molecule has 0 amide bonds. The maximum atomic E-state index is 6.42. The van der Waals surface area contributed by atoms with Crippen LogP contribution in [0.25, 0.3) is 0 Å². The van der Waals surface area contributed by atoms with Crippen molar-refractivity contribution < 1.29 is 0 Å². The second kappa shape index (κ2) is 6.17. The maximum Gasteiger partial charge on any atom is 0.0668 e. The first-order valence-corrected chi connectivity index (χ1v) is 7.90. The van der Waals surface area contributed by atoms with Crippen LogP contribution in [0.3, 0.4) is 0 Å². The summed E-state index contributed by atoms with van der Waals surface area (Å²) in [5, 5.41) is 4.26. The number of nitrogens with one attached hydrogen (secondary N) is 1. The second-order valence-corrected chi connectivity index (χ2v) is 6.24. The van der Waals surface area contributed by atoms with Crippen molar-refractivity contribution in [1.29, 1.82) is 0 Å². The van der Waals surface area contributed by atoms with Crippen LogP contribution < -0.4 is 10.2 Å². The Balaban J connectivity index is 1.97. The lowest BCUT2D eigenvalue weighted by Gasteiger charge is -2.38. The molecule has 2 aromatic carbocycles. The SMILES string of the molecule is Clc1cc(Br)ccc1N1CCNCC1c1ccccc1. The van der Waals surface area contributed by atoms with E-state index in [1.165, 1.54) is 5.56 Å². The zero-order valence-electron chi connectivity index (χ0n) is 11.0. The third kappa shape index (κ3) is 2.85. The largest absolute Gasteiger partial charge is 0.361 e. The highest BCUT2D eigenvalue weighted by molar-refractivity contribution is 9.10. The summed E-state index contributed by atoms with van der Waals surface area (Å²) in [4.78, 5) is 2.39. The van der Waals surface area contributed by atoms with E-state index in [2.05, 4.69) is 62.5 Å². The van der Waals surface area contributed by atoms with Crippen molar-refractivity contribution in [3.63, 3.8) is 0 Å². The zero-order valence-corrected chi connectivity index (χ0v) is 13.4. The standard InChI is InChI=1S/C16H16BrClN2/c17-13-6-7-15(14(18)10-13)20-9-8-19-11-16(20)12-4-2-1-3-5-12/h1-7,10,16,19H,8-9,11H2. The molecule has 0 aliphatic carbocycles. The lowest BCUT2D eigenvalue weighted by Crippen LogP contribution is -2.46. The Hall–Kier alpha value is -1.03. The summed E-state index contributed by atoms with van der Waals surface area (Å²) in [5.41, 5.74) is 2.42. The Morgan fingerprint density at radius 3 is 2.70 bits per heavy atom. The van der Waals surface area contributed by atoms with Crippen LogP contribution in [0.2, 0.25) is 5.02 Å². The Morgan fingerprint density at radius 1 is 1.15 bits per heavy atom. The number of rotatable bonds is 2. The van der Waals surface area contributed by atoms with Crippen LogP contribution in [-0.2, 0) is 0 Å². The van der Waals surface area contributed by atoms with Crippen LogP contribution >= 0.6 is 27.5 Å². The molecule has 1 heterocycles.